The molecule has 0 saturated carbocycles. The number of hydrogen-bond donors (Lipinski definition) is 1. The Morgan fingerprint density at radius 2 is 1.91 bits per heavy atom. The molecular weight excluding hydrogens is 292 g/mol. The monoisotopic (exact) mass is 314 g/mol. The number of carbonyl (C=O) groups is 1. The lowest BCUT2D eigenvalue weighted by molar-refractivity contribution is 0.0340. The van der Waals surface area contributed by atoms with E-state index in [-0.39, 0.29) is 5.91 Å². The van der Waals surface area contributed by atoms with E-state index >= 15 is 0 Å². The van der Waals surface area contributed by atoms with E-state index < -0.39 is 0 Å². The van der Waals surface area contributed by atoms with E-state index in [0.29, 0.717) is 17.9 Å². The molecule has 3 rings (SSSR count). The largest absolute Gasteiger partial charge is 0.469 e. The summed E-state index contributed by atoms with van der Waals surface area (Å²) in [6.45, 7) is 6.69. The summed E-state index contributed by atoms with van der Waals surface area (Å²) < 4.78 is 10.6. The second-order valence-corrected chi connectivity index (χ2v) is 5.73. The zero-order chi connectivity index (χ0) is 16.1. The Morgan fingerprint density at radius 1 is 1.17 bits per heavy atom. The quantitative estimate of drug-likeness (QED) is 0.920. The van der Waals surface area contributed by atoms with Crippen LogP contribution in [0.2, 0.25) is 0 Å². The van der Waals surface area contributed by atoms with E-state index in [9.17, 15) is 4.79 Å². The van der Waals surface area contributed by atoms with Gasteiger partial charge in [-0.2, -0.15) is 0 Å². The van der Waals surface area contributed by atoms with Gasteiger partial charge in [-0.25, -0.2) is 0 Å². The minimum atomic E-state index is -0.0996. The molecule has 1 saturated heterocycles. The summed E-state index contributed by atoms with van der Waals surface area (Å²) in [5.74, 6) is 0.543. The van der Waals surface area contributed by atoms with Crippen molar-refractivity contribution < 1.29 is 13.9 Å². The molecule has 0 spiro atoms. The van der Waals surface area contributed by atoms with Crippen molar-refractivity contribution in [2.45, 2.75) is 20.0 Å². The van der Waals surface area contributed by atoms with E-state index in [1.165, 1.54) is 11.8 Å². The summed E-state index contributed by atoms with van der Waals surface area (Å²) in [5, 5.41) is 2.98. The molecule has 1 aromatic heterocycles. The molecular formula is C18H22N2O3. The number of morpholine rings is 1. The topological polar surface area (TPSA) is 54.7 Å². The Hall–Kier alpha value is -2.11. The highest BCUT2D eigenvalue weighted by atomic mass is 16.5. The highest BCUT2D eigenvalue weighted by Gasteiger charge is 2.14. The first-order valence-electron chi connectivity index (χ1n) is 7.93. The maximum absolute atomic E-state index is 12.2. The Bertz CT molecular complexity index is 660. The van der Waals surface area contributed by atoms with Gasteiger partial charge >= 0.3 is 0 Å². The molecule has 1 amide bonds. The van der Waals surface area contributed by atoms with Crippen molar-refractivity contribution in [1.82, 2.24) is 10.2 Å². The van der Waals surface area contributed by atoms with Crippen molar-refractivity contribution in [2.24, 2.45) is 0 Å². The fourth-order valence-corrected chi connectivity index (χ4v) is 2.78. The van der Waals surface area contributed by atoms with Crippen LogP contribution in [0.4, 0.5) is 0 Å². The third-order valence-electron chi connectivity index (χ3n) is 4.16. The van der Waals surface area contributed by atoms with Crippen LogP contribution in [0.1, 0.15) is 27.2 Å². The van der Waals surface area contributed by atoms with Gasteiger partial charge in [0.25, 0.3) is 5.91 Å². The summed E-state index contributed by atoms with van der Waals surface area (Å²) >= 11 is 0. The van der Waals surface area contributed by atoms with E-state index in [4.69, 9.17) is 9.15 Å². The fourth-order valence-electron chi connectivity index (χ4n) is 2.78. The average Bonchev–Trinajstić information content (AvgIpc) is 3.01. The van der Waals surface area contributed by atoms with Crippen molar-refractivity contribution in [1.29, 1.82) is 0 Å². The minimum Gasteiger partial charge on any atom is -0.469 e. The third kappa shape index (κ3) is 4.00. The number of rotatable bonds is 5. The van der Waals surface area contributed by atoms with Crippen molar-refractivity contribution >= 4 is 5.91 Å². The van der Waals surface area contributed by atoms with Crippen molar-refractivity contribution in [2.75, 3.05) is 26.3 Å². The Labute approximate surface area is 136 Å². The maximum atomic E-state index is 12.2. The van der Waals surface area contributed by atoms with Crippen molar-refractivity contribution in [3.63, 3.8) is 0 Å². The number of benzene rings is 1. The average molecular weight is 314 g/mol. The molecule has 1 N–H and O–H groups in total. The van der Waals surface area contributed by atoms with E-state index in [1.54, 1.807) is 13.0 Å². The lowest BCUT2D eigenvalue weighted by atomic mass is 10.1. The van der Waals surface area contributed by atoms with Crippen molar-refractivity contribution in [3.8, 4) is 0 Å². The molecule has 1 aromatic carbocycles. The number of hydrogen-bond acceptors (Lipinski definition) is 4. The third-order valence-corrected chi connectivity index (χ3v) is 4.16. The van der Waals surface area contributed by atoms with Crippen molar-refractivity contribution in [3.05, 3.63) is 59.0 Å². The molecule has 5 heteroatoms. The summed E-state index contributed by atoms with van der Waals surface area (Å²) in [4.78, 5) is 14.6. The van der Waals surface area contributed by atoms with E-state index in [0.717, 1.165) is 38.4 Å². The second kappa shape index (κ2) is 7.44. The van der Waals surface area contributed by atoms with Gasteiger partial charge in [0, 0.05) is 26.2 Å². The zero-order valence-electron chi connectivity index (χ0n) is 13.4. The van der Waals surface area contributed by atoms with Crippen LogP contribution in [-0.4, -0.2) is 37.1 Å². The number of nitrogens with one attached hydrogen (secondary N) is 1. The maximum Gasteiger partial charge on any atom is 0.255 e. The minimum absolute atomic E-state index is 0.0996. The predicted molar refractivity (Wildman–Crippen MR) is 87.2 cm³/mol. The SMILES string of the molecule is Cc1occc1C(=O)NCc1ccccc1CN1CCOCC1. The van der Waals surface area contributed by atoms with Crippen LogP contribution in [0.25, 0.3) is 0 Å². The first-order valence-corrected chi connectivity index (χ1v) is 7.93. The Balaban J connectivity index is 1.63. The fraction of sp³-hybridized carbons (Fsp3) is 0.389. The Kier molecular flexibility index (Phi) is 5.10. The molecule has 5 nitrogen and oxygen atoms in total. The number of carbonyl (C=O) groups excluding carboxylic acids is 1. The molecule has 0 unspecified atom stereocenters. The zero-order valence-corrected chi connectivity index (χ0v) is 13.4. The Morgan fingerprint density at radius 3 is 2.61 bits per heavy atom. The molecule has 1 fully saturated rings. The second-order valence-electron chi connectivity index (χ2n) is 5.73. The molecule has 1 aliphatic heterocycles. The lowest BCUT2D eigenvalue weighted by Gasteiger charge is -2.27. The van der Waals surface area contributed by atoms with Crippen LogP contribution in [0, 0.1) is 6.92 Å². The van der Waals surface area contributed by atoms with Gasteiger partial charge in [-0.15, -0.1) is 0 Å². The normalized spacial score (nSPS) is 15.5. The molecule has 122 valence electrons. The molecule has 0 atom stereocenters. The summed E-state index contributed by atoms with van der Waals surface area (Å²) in [6.07, 6.45) is 1.54. The van der Waals surface area contributed by atoms with Crippen LogP contribution in [0.5, 0.6) is 0 Å². The van der Waals surface area contributed by atoms with Gasteiger partial charge in [0.2, 0.25) is 0 Å². The number of furan rings is 1. The summed E-state index contributed by atoms with van der Waals surface area (Å²) in [7, 11) is 0. The van der Waals surface area contributed by atoms with Gasteiger partial charge in [-0.3, -0.25) is 9.69 Å². The first kappa shape index (κ1) is 15.8. The van der Waals surface area contributed by atoms with Gasteiger partial charge in [-0.1, -0.05) is 24.3 Å². The van der Waals surface area contributed by atoms with Gasteiger partial charge in [-0.05, 0) is 24.1 Å². The summed E-state index contributed by atoms with van der Waals surface area (Å²) in [5.41, 5.74) is 2.99. The molecule has 0 bridgehead atoms. The lowest BCUT2D eigenvalue weighted by Crippen LogP contribution is -2.36. The van der Waals surface area contributed by atoms with Crippen LogP contribution >= 0.6 is 0 Å². The molecule has 2 heterocycles. The number of amides is 1. The molecule has 2 aromatic rings. The number of aryl methyl sites for hydroxylation is 1. The highest BCUT2D eigenvalue weighted by molar-refractivity contribution is 5.94. The highest BCUT2D eigenvalue weighted by Crippen LogP contribution is 2.14. The molecule has 23 heavy (non-hydrogen) atoms. The van der Waals surface area contributed by atoms with Gasteiger partial charge in [0.15, 0.2) is 0 Å². The molecule has 0 aliphatic carbocycles. The summed E-state index contributed by atoms with van der Waals surface area (Å²) in [6, 6.07) is 9.94. The van der Waals surface area contributed by atoms with Gasteiger partial charge in [0.1, 0.15) is 5.76 Å². The molecule has 0 radical (unpaired) electrons. The van der Waals surface area contributed by atoms with Crippen LogP contribution in [0.15, 0.2) is 41.0 Å². The van der Waals surface area contributed by atoms with E-state index in [2.05, 4.69) is 22.3 Å². The van der Waals surface area contributed by atoms with Gasteiger partial charge < -0.3 is 14.5 Å². The molecule has 1 aliphatic rings. The predicted octanol–water partition coefficient (Wildman–Crippen LogP) is 2.35. The number of ether oxygens (including phenoxy) is 1. The first-order chi connectivity index (χ1) is 11.2. The number of nitrogens with zero attached hydrogens (tertiary/aromatic N) is 1. The van der Waals surface area contributed by atoms with Crippen LogP contribution < -0.4 is 5.32 Å². The van der Waals surface area contributed by atoms with Crippen LogP contribution in [0.3, 0.4) is 0 Å². The standard InChI is InChI=1S/C18H22N2O3/c1-14-17(6-9-23-14)18(21)19-12-15-4-2-3-5-16(15)13-20-7-10-22-11-8-20/h2-6,9H,7-8,10-13H2,1H3,(H,19,21). The smallest absolute Gasteiger partial charge is 0.255 e. The van der Waals surface area contributed by atoms with E-state index in [1.807, 2.05) is 12.1 Å². The van der Waals surface area contributed by atoms with Crippen LogP contribution in [-0.2, 0) is 17.8 Å². The van der Waals surface area contributed by atoms with Gasteiger partial charge in [0.05, 0.1) is 25.0 Å².